The molecular formula is C13H25N3O. The van der Waals surface area contributed by atoms with Crippen molar-refractivity contribution < 1.29 is 4.79 Å². The van der Waals surface area contributed by atoms with Crippen molar-refractivity contribution in [3.8, 4) is 0 Å². The smallest absolute Gasteiger partial charge is 0.240 e. The second-order valence-electron chi connectivity index (χ2n) is 5.25. The number of amides is 1. The summed E-state index contributed by atoms with van der Waals surface area (Å²) in [5.41, 5.74) is 0. The standard InChI is InChI=1S/C13H25N3O/c1-3-15-8-10-16(11-9-15)13(17)12-6-4-5-7-14(12)2/h12H,3-11H2,1-2H3. The number of hydrogen-bond acceptors (Lipinski definition) is 3. The normalized spacial score (nSPS) is 28.4. The van der Waals surface area contributed by atoms with Crippen LogP contribution in [0, 0.1) is 0 Å². The summed E-state index contributed by atoms with van der Waals surface area (Å²) in [5.74, 6) is 0.364. The predicted molar refractivity (Wildman–Crippen MR) is 69.0 cm³/mol. The molecule has 4 heteroatoms. The molecule has 98 valence electrons. The van der Waals surface area contributed by atoms with Crippen molar-refractivity contribution in [2.24, 2.45) is 0 Å². The maximum Gasteiger partial charge on any atom is 0.240 e. The van der Waals surface area contributed by atoms with Gasteiger partial charge in [-0.25, -0.2) is 0 Å². The number of nitrogens with zero attached hydrogens (tertiary/aromatic N) is 3. The molecule has 2 aliphatic heterocycles. The van der Waals surface area contributed by atoms with Crippen molar-refractivity contribution in [2.45, 2.75) is 32.2 Å². The van der Waals surface area contributed by atoms with Crippen LogP contribution >= 0.6 is 0 Å². The van der Waals surface area contributed by atoms with Gasteiger partial charge < -0.3 is 9.80 Å². The number of rotatable bonds is 2. The highest BCUT2D eigenvalue weighted by Gasteiger charge is 2.31. The van der Waals surface area contributed by atoms with Gasteiger partial charge in [0.25, 0.3) is 0 Å². The van der Waals surface area contributed by atoms with E-state index in [1.807, 2.05) is 0 Å². The van der Waals surface area contributed by atoms with Gasteiger partial charge in [-0.15, -0.1) is 0 Å². The first-order chi connectivity index (χ1) is 8.22. The quantitative estimate of drug-likeness (QED) is 0.707. The van der Waals surface area contributed by atoms with E-state index in [0.717, 1.165) is 45.7 Å². The van der Waals surface area contributed by atoms with Gasteiger partial charge in [0.1, 0.15) is 0 Å². The van der Waals surface area contributed by atoms with E-state index in [1.165, 1.54) is 12.8 Å². The fourth-order valence-corrected chi connectivity index (χ4v) is 2.88. The van der Waals surface area contributed by atoms with Crippen LogP contribution in [0.15, 0.2) is 0 Å². The molecule has 1 unspecified atom stereocenters. The summed E-state index contributed by atoms with van der Waals surface area (Å²) in [6, 6.07) is 0.150. The third-order valence-electron chi connectivity index (χ3n) is 4.19. The van der Waals surface area contributed by atoms with Crippen molar-refractivity contribution in [2.75, 3.05) is 46.3 Å². The third kappa shape index (κ3) is 2.99. The minimum atomic E-state index is 0.150. The van der Waals surface area contributed by atoms with E-state index in [0.29, 0.717) is 5.91 Å². The average molecular weight is 239 g/mol. The maximum absolute atomic E-state index is 12.4. The number of carbonyl (C=O) groups excluding carboxylic acids is 1. The van der Waals surface area contributed by atoms with Gasteiger partial charge in [0, 0.05) is 26.2 Å². The van der Waals surface area contributed by atoms with Gasteiger partial charge in [0.15, 0.2) is 0 Å². The number of likely N-dealkylation sites (N-methyl/N-ethyl adjacent to an activating group) is 2. The van der Waals surface area contributed by atoms with Crippen LogP contribution in [0.4, 0.5) is 0 Å². The third-order valence-corrected chi connectivity index (χ3v) is 4.19. The van der Waals surface area contributed by atoms with Gasteiger partial charge in [-0.2, -0.15) is 0 Å². The summed E-state index contributed by atoms with van der Waals surface area (Å²) in [5, 5.41) is 0. The molecule has 17 heavy (non-hydrogen) atoms. The Morgan fingerprint density at radius 2 is 1.82 bits per heavy atom. The molecule has 1 atom stereocenters. The minimum Gasteiger partial charge on any atom is -0.339 e. The molecule has 0 aliphatic carbocycles. The second kappa shape index (κ2) is 5.83. The Bertz CT molecular complexity index is 261. The molecule has 2 fully saturated rings. The molecule has 2 rings (SSSR count). The van der Waals surface area contributed by atoms with Crippen LogP contribution in [0.5, 0.6) is 0 Å². The van der Waals surface area contributed by atoms with Gasteiger partial charge in [-0.3, -0.25) is 9.69 Å². The first kappa shape index (κ1) is 12.8. The Hall–Kier alpha value is -0.610. The summed E-state index contributed by atoms with van der Waals surface area (Å²) < 4.78 is 0. The zero-order chi connectivity index (χ0) is 12.3. The van der Waals surface area contributed by atoms with E-state index in [9.17, 15) is 4.79 Å². The van der Waals surface area contributed by atoms with Gasteiger partial charge >= 0.3 is 0 Å². The minimum absolute atomic E-state index is 0.150. The fraction of sp³-hybridized carbons (Fsp3) is 0.923. The lowest BCUT2D eigenvalue weighted by Gasteiger charge is -2.39. The molecule has 1 amide bonds. The number of likely N-dealkylation sites (tertiary alicyclic amines) is 1. The molecule has 0 spiro atoms. The van der Waals surface area contributed by atoms with Gasteiger partial charge in [0.05, 0.1) is 6.04 Å². The van der Waals surface area contributed by atoms with Crippen molar-refractivity contribution >= 4 is 5.91 Å². The molecule has 4 nitrogen and oxygen atoms in total. The molecule has 2 aliphatic rings. The summed E-state index contributed by atoms with van der Waals surface area (Å²) in [4.78, 5) is 19.1. The van der Waals surface area contributed by atoms with Crippen LogP contribution in [0.1, 0.15) is 26.2 Å². The highest BCUT2D eigenvalue weighted by Crippen LogP contribution is 2.17. The Labute approximate surface area is 105 Å². The number of hydrogen-bond donors (Lipinski definition) is 0. The molecule has 0 saturated carbocycles. The van der Waals surface area contributed by atoms with Crippen LogP contribution < -0.4 is 0 Å². The molecule has 0 aromatic carbocycles. The van der Waals surface area contributed by atoms with Crippen molar-refractivity contribution in [3.63, 3.8) is 0 Å². The largest absolute Gasteiger partial charge is 0.339 e. The maximum atomic E-state index is 12.4. The lowest BCUT2D eigenvalue weighted by Crippen LogP contribution is -2.55. The lowest BCUT2D eigenvalue weighted by molar-refractivity contribution is -0.139. The van der Waals surface area contributed by atoms with E-state index in [-0.39, 0.29) is 6.04 Å². The average Bonchev–Trinajstić information content (AvgIpc) is 2.39. The van der Waals surface area contributed by atoms with E-state index < -0.39 is 0 Å². The first-order valence-corrected chi connectivity index (χ1v) is 6.93. The number of carbonyl (C=O) groups is 1. The summed E-state index contributed by atoms with van der Waals surface area (Å²) in [7, 11) is 2.09. The van der Waals surface area contributed by atoms with Crippen molar-refractivity contribution in [1.29, 1.82) is 0 Å². The molecule has 0 bridgehead atoms. The van der Waals surface area contributed by atoms with Crippen LogP contribution in [-0.2, 0) is 4.79 Å². The summed E-state index contributed by atoms with van der Waals surface area (Å²) >= 11 is 0. The molecule has 2 saturated heterocycles. The lowest BCUT2D eigenvalue weighted by atomic mass is 10.0. The fourth-order valence-electron chi connectivity index (χ4n) is 2.88. The van der Waals surface area contributed by atoms with E-state index in [4.69, 9.17) is 0 Å². The van der Waals surface area contributed by atoms with Crippen LogP contribution in [0.25, 0.3) is 0 Å². The van der Waals surface area contributed by atoms with Gasteiger partial charge in [-0.05, 0) is 33.0 Å². The molecule has 0 radical (unpaired) electrons. The Kier molecular flexibility index (Phi) is 4.40. The molecule has 0 aromatic heterocycles. The van der Waals surface area contributed by atoms with Crippen LogP contribution in [0.3, 0.4) is 0 Å². The Balaban J connectivity index is 1.87. The SMILES string of the molecule is CCN1CCN(C(=O)C2CCCCN2C)CC1. The Morgan fingerprint density at radius 3 is 2.41 bits per heavy atom. The van der Waals surface area contributed by atoms with E-state index >= 15 is 0 Å². The van der Waals surface area contributed by atoms with Crippen molar-refractivity contribution in [3.05, 3.63) is 0 Å². The molecule has 0 N–H and O–H groups in total. The molecular weight excluding hydrogens is 214 g/mol. The topological polar surface area (TPSA) is 26.8 Å². The summed E-state index contributed by atoms with van der Waals surface area (Å²) in [6.07, 6.45) is 3.49. The van der Waals surface area contributed by atoms with Crippen LogP contribution in [0.2, 0.25) is 0 Å². The van der Waals surface area contributed by atoms with Gasteiger partial charge in [0.2, 0.25) is 5.91 Å². The summed E-state index contributed by atoms with van der Waals surface area (Å²) in [6.45, 7) is 8.27. The highest BCUT2D eigenvalue weighted by atomic mass is 16.2. The zero-order valence-corrected chi connectivity index (χ0v) is 11.2. The monoisotopic (exact) mass is 239 g/mol. The molecule has 0 aromatic rings. The Morgan fingerprint density at radius 1 is 1.12 bits per heavy atom. The van der Waals surface area contributed by atoms with Crippen molar-refractivity contribution in [1.82, 2.24) is 14.7 Å². The predicted octanol–water partition coefficient (Wildman–Crippen LogP) is 0.635. The highest BCUT2D eigenvalue weighted by molar-refractivity contribution is 5.82. The first-order valence-electron chi connectivity index (χ1n) is 6.93. The van der Waals surface area contributed by atoms with E-state index in [1.54, 1.807) is 0 Å². The second-order valence-corrected chi connectivity index (χ2v) is 5.25. The number of piperazine rings is 1. The van der Waals surface area contributed by atoms with Crippen LogP contribution in [-0.4, -0.2) is 73.0 Å². The molecule has 2 heterocycles. The zero-order valence-electron chi connectivity index (χ0n) is 11.2. The van der Waals surface area contributed by atoms with E-state index in [2.05, 4.69) is 28.7 Å². The van der Waals surface area contributed by atoms with Gasteiger partial charge in [-0.1, -0.05) is 13.3 Å². The number of piperidine rings is 1.